The lowest BCUT2D eigenvalue weighted by molar-refractivity contribution is -0.136. The lowest BCUT2D eigenvalue weighted by atomic mass is 9.85. The maximum absolute atomic E-state index is 13.0. The van der Waals surface area contributed by atoms with Crippen LogP contribution in [0.4, 0.5) is 0 Å². The van der Waals surface area contributed by atoms with Crippen LogP contribution in [-0.2, 0) is 16.1 Å². The van der Waals surface area contributed by atoms with Crippen molar-refractivity contribution in [1.29, 1.82) is 0 Å². The minimum Gasteiger partial charge on any atom is -0.489 e. The molecule has 1 saturated carbocycles. The highest BCUT2D eigenvalue weighted by molar-refractivity contribution is 6.05. The van der Waals surface area contributed by atoms with Crippen LogP contribution in [0.1, 0.15) is 65.9 Å². The maximum atomic E-state index is 13.0. The van der Waals surface area contributed by atoms with Gasteiger partial charge in [-0.05, 0) is 61.1 Å². The molecular weight excluding hydrogens is 446 g/mol. The highest BCUT2D eigenvalue weighted by Gasteiger charge is 2.41. The minimum absolute atomic E-state index is 0.113. The fourth-order valence-corrected chi connectivity index (χ4v) is 5.97. The van der Waals surface area contributed by atoms with Gasteiger partial charge < -0.3 is 9.64 Å². The van der Waals surface area contributed by atoms with Gasteiger partial charge in [0, 0.05) is 49.8 Å². The van der Waals surface area contributed by atoms with E-state index in [-0.39, 0.29) is 30.2 Å². The number of nitrogens with zero attached hydrogens (tertiary/aromatic N) is 4. The zero-order valence-corrected chi connectivity index (χ0v) is 19.6. The fraction of sp³-hybridized carbons (Fsp3) is 0.500. The van der Waals surface area contributed by atoms with Crippen molar-refractivity contribution in [2.24, 2.45) is 0 Å². The monoisotopic (exact) mass is 475 g/mol. The number of likely N-dealkylation sites (tertiary alicyclic amines) is 1. The van der Waals surface area contributed by atoms with E-state index in [2.05, 4.69) is 20.4 Å². The Morgan fingerprint density at radius 3 is 2.66 bits per heavy atom. The third-order valence-electron chi connectivity index (χ3n) is 7.91. The quantitative estimate of drug-likeness (QED) is 0.660. The van der Waals surface area contributed by atoms with Gasteiger partial charge in [-0.25, -0.2) is 0 Å². The van der Waals surface area contributed by atoms with Gasteiger partial charge in [0.15, 0.2) is 0 Å². The Hall–Kier alpha value is -3.33. The van der Waals surface area contributed by atoms with Gasteiger partial charge in [-0.2, -0.15) is 10.2 Å². The molecule has 0 bridgehead atoms. The van der Waals surface area contributed by atoms with Crippen LogP contribution in [0.3, 0.4) is 0 Å². The first kappa shape index (κ1) is 22.2. The molecule has 1 unspecified atom stereocenters. The van der Waals surface area contributed by atoms with Crippen molar-refractivity contribution in [2.75, 3.05) is 13.1 Å². The van der Waals surface area contributed by atoms with Crippen LogP contribution in [0, 0.1) is 0 Å². The van der Waals surface area contributed by atoms with Crippen molar-refractivity contribution >= 4 is 17.7 Å². The number of rotatable bonds is 5. The van der Waals surface area contributed by atoms with Gasteiger partial charge >= 0.3 is 0 Å². The molecule has 1 aromatic heterocycles. The van der Waals surface area contributed by atoms with Crippen LogP contribution in [0.5, 0.6) is 5.75 Å². The summed E-state index contributed by atoms with van der Waals surface area (Å²) in [4.78, 5) is 40.9. The number of carbonyl (C=O) groups excluding carboxylic acids is 3. The number of amides is 3. The second kappa shape index (κ2) is 9.03. The predicted molar refractivity (Wildman–Crippen MR) is 126 cm³/mol. The van der Waals surface area contributed by atoms with E-state index < -0.39 is 6.04 Å². The zero-order valence-electron chi connectivity index (χ0n) is 19.6. The number of imide groups is 1. The first-order valence-electron chi connectivity index (χ1n) is 12.5. The second-order valence-electron chi connectivity index (χ2n) is 10.1. The topological polar surface area (TPSA) is 105 Å². The van der Waals surface area contributed by atoms with Crippen molar-refractivity contribution in [3.63, 3.8) is 0 Å². The summed E-state index contributed by atoms with van der Waals surface area (Å²) in [6, 6.07) is 7.46. The lowest BCUT2D eigenvalue weighted by Crippen LogP contribution is -2.57. The number of fused-ring (bicyclic) bond motifs is 1. The van der Waals surface area contributed by atoms with Gasteiger partial charge in [-0.15, -0.1) is 0 Å². The van der Waals surface area contributed by atoms with Gasteiger partial charge in [-0.3, -0.25) is 24.6 Å². The molecule has 2 saturated heterocycles. The van der Waals surface area contributed by atoms with Crippen molar-refractivity contribution in [3.05, 3.63) is 53.3 Å². The summed E-state index contributed by atoms with van der Waals surface area (Å²) in [6.07, 6.45) is 8.85. The van der Waals surface area contributed by atoms with Crippen molar-refractivity contribution in [1.82, 2.24) is 25.3 Å². The SMILES string of the molecule is O=C1CCC(N2Cc3cc(O[C@H]4CCCC[C@@H]4N4CC(c5ccnnc5)C4)ccc3C2=O)C(=O)N1. The van der Waals surface area contributed by atoms with E-state index in [0.717, 1.165) is 43.7 Å². The summed E-state index contributed by atoms with van der Waals surface area (Å²) in [6.45, 7) is 2.38. The molecule has 35 heavy (non-hydrogen) atoms. The number of carbonyl (C=O) groups is 3. The molecule has 4 aliphatic rings. The number of nitrogens with one attached hydrogen (secondary N) is 1. The standard InChI is InChI=1S/C26H29N5O4/c32-24-8-7-22(25(33)29-24)31-15-17-11-19(5-6-20(17)26(31)34)35-23-4-2-1-3-21(23)30-13-18(14-30)16-9-10-27-28-12-16/h5-6,9-12,18,21-23H,1-4,7-8,13-15H2,(H,29,32,33)/t21-,22?,23-/m0/s1. The number of hydrogen-bond donors (Lipinski definition) is 1. The van der Waals surface area contributed by atoms with Crippen LogP contribution in [0.15, 0.2) is 36.7 Å². The molecule has 3 atom stereocenters. The van der Waals surface area contributed by atoms with E-state index in [0.29, 0.717) is 30.5 Å². The Labute approximate surface area is 203 Å². The van der Waals surface area contributed by atoms with Crippen LogP contribution in [0.25, 0.3) is 0 Å². The van der Waals surface area contributed by atoms with Crippen molar-refractivity contribution in [3.8, 4) is 5.75 Å². The highest BCUT2D eigenvalue weighted by atomic mass is 16.5. The highest BCUT2D eigenvalue weighted by Crippen LogP contribution is 2.36. The van der Waals surface area contributed by atoms with Crippen molar-refractivity contribution < 1.29 is 19.1 Å². The third kappa shape index (κ3) is 4.18. The van der Waals surface area contributed by atoms with Gasteiger partial charge in [0.25, 0.3) is 5.91 Å². The molecule has 0 radical (unpaired) electrons. The first-order valence-corrected chi connectivity index (χ1v) is 12.5. The van der Waals surface area contributed by atoms with Crippen molar-refractivity contribution in [2.45, 2.75) is 69.2 Å². The Morgan fingerprint density at radius 2 is 1.86 bits per heavy atom. The molecule has 4 heterocycles. The van der Waals surface area contributed by atoms with Gasteiger partial charge in [-0.1, -0.05) is 6.42 Å². The Balaban J connectivity index is 1.12. The molecule has 6 rings (SSSR count). The molecule has 9 nitrogen and oxygen atoms in total. The third-order valence-corrected chi connectivity index (χ3v) is 7.91. The van der Waals surface area contributed by atoms with Crippen LogP contribution in [0.2, 0.25) is 0 Å². The fourth-order valence-electron chi connectivity index (χ4n) is 5.97. The molecule has 2 aromatic rings. The molecule has 9 heteroatoms. The summed E-state index contributed by atoms with van der Waals surface area (Å²) in [7, 11) is 0. The lowest BCUT2D eigenvalue weighted by Gasteiger charge is -2.48. The average molecular weight is 476 g/mol. The largest absolute Gasteiger partial charge is 0.489 e. The van der Waals surface area contributed by atoms with E-state index in [9.17, 15) is 14.4 Å². The van der Waals surface area contributed by atoms with Gasteiger partial charge in [0.2, 0.25) is 11.8 Å². The predicted octanol–water partition coefficient (Wildman–Crippen LogP) is 2.03. The molecule has 3 fully saturated rings. The van der Waals surface area contributed by atoms with E-state index in [1.54, 1.807) is 11.1 Å². The summed E-state index contributed by atoms with van der Waals surface area (Å²) < 4.78 is 6.52. The first-order chi connectivity index (χ1) is 17.1. The molecule has 0 spiro atoms. The van der Waals surface area contributed by atoms with E-state index in [1.807, 2.05) is 30.5 Å². The van der Waals surface area contributed by atoms with E-state index in [1.165, 1.54) is 12.0 Å². The Morgan fingerprint density at radius 1 is 1.00 bits per heavy atom. The summed E-state index contributed by atoms with van der Waals surface area (Å²) in [5.41, 5.74) is 2.73. The zero-order chi connectivity index (χ0) is 23.9. The molecular formula is C26H29N5O4. The number of hydrogen-bond acceptors (Lipinski definition) is 7. The van der Waals surface area contributed by atoms with Gasteiger partial charge in [0.1, 0.15) is 17.9 Å². The maximum Gasteiger partial charge on any atom is 0.255 e. The molecule has 1 N–H and O–H groups in total. The second-order valence-corrected chi connectivity index (χ2v) is 10.1. The van der Waals surface area contributed by atoms with Crippen LogP contribution in [-0.4, -0.2) is 69.0 Å². The molecule has 3 aliphatic heterocycles. The summed E-state index contributed by atoms with van der Waals surface area (Å²) in [5.74, 6) is 0.443. The van der Waals surface area contributed by atoms with Crippen LogP contribution >= 0.6 is 0 Å². The minimum atomic E-state index is -0.602. The molecule has 3 amide bonds. The number of benzene rings is 1. The molecule has 1 aromatic carbocycles. The summed E-state index contributed by atoms with van der Waals surface area (Å²) >= 11 is 0. The Kier molecular flexibility index (Phi) is 5.72. The average Bonchev–Trinajstić information content (AvgIpc) is 3.15. The number of aromatic nitrogens is 2. The summed E-state index contributed by atoms with van der Waals surface area (Å²) in [5, 5.41) is 10.2. The number of piperidine rings is 1. The normalized spacial score (nSPS) is 27.4. The van der Waals surface area contributed by atoms with E-state index in [4.69, 9.17) is 4.74 Å². The molecule has 182 valence electrons. The van der Waals surface area contributed by atoms with E-state index >= 15 is 0 Å². The Bertz CT molecular complexity index is 1150. The number of ether oxygens (including phenoxy) is 1. The molecule has 1 aliphatic carbocycles. The smallest absolute Gasteiger partial charge is 0.255 e. The van der Waals surface area contributed by atoms with Gasteiger partial charge in [0.05, 0.1) is 6.20 Å². The van der Waals surface area contributed by atoms with Crippen LogP contribution < -0.4 is 10.1 Å².